The molecule has 7 aliphatic rings. The molecule has 8 rings (SSSR count). The highest BCUT2D eigenvalue weighted by Gasteiger charge is 2.49. The molecule has 2 heterocycles. The van der Waals surface area contributed by atoms with Gasteiger partial charge in [0.2, 0.25) is 11.8 Å². The molecule has 1 unspecified atom stereocenters. The summed E-state index contributed by atoms with van der Waals surface area (Å²) in [5.74, 6) is 3.99. The lowest BCUT2D eigenvalue weighted by Gasteiger charge is -2.54. The number of carbonyl (C=O) groups is 2. The summed E-state index contributed by atoms with van der Waals surface area (Å²) in [5, 5.41) is 10.1. The molecule has 4 saturated carbocycles. The Kier molecular flexibility index (Phi) is 8.21. The van der Waals surface area contributed by atoms with Gasteiger partial charge in [0, 0.05) is 56.2 Å². The Morgan fingerprint density at radius 2 is 1.63 bits per heavy atom. The van der Waals surface area contributed by atoms with Gasteiger partial charge in [-0.1, -0.05) is 28.1 Å². The van der Waals surface area contributed by atoms with E-state index in [4.69, 9.17) is 0 Å². The van der Waals surface area contributed by atoms with Gasteiger partial charge in [0.1, 0.15) is 0 Å². The van der Waals surface area contributed by atoms with Gasteiger partial charge < -0.3 is 16.0 Å². The van der Waals surface area contributed by atoms with Gasteiger partial charge in [0.15, 0.2) is 0 Å². The topological polar surface area (TPSA) is 76.7 Å². The number of amides is 2. The van der Waals surface area contributed by atoms with Crippen LogP contribution >= 0.6 is 15.9 Å². The SMILES string of the molecule is O=C(CC1CC2(CCN(CC(=O)NC3C4CC5CC(C4)CC3C5)CC2)c2c(Br)cccc21)NCCN1CCNCC1. The largest absolute Gasteiger partial charge is 0.355 e. The quantitative estimate of drug-likeness (QED) is 0.411. The molecule has 224 valence electrons. The van der Waals surface area contributed by atoms with Crippen LogP contribution in [-0.4, -0.2) is 86.6 Å². The van der Waals surface area contributed by atoms with E-state index in [-0.39, 0.29) is 23.1 Å². The zero-order valence-electron chi connectivity index (χ0n) is 24.5. The summed E-state index contributed by atoms with van der Waals surface area (Å²) < 4.78 is 1.18. The highest BCUT2D eigenvalue weighted by molar-refractivity contribution is 9.10. The van der Waals surface area contributed by atoms with Crippen molar-refractivity contribution in [3.05, 3.63) is 33.8 Å². The molecule has 3 N–H and O–H groups in total. The van der Waals surface area contributed by atoms with Crippen LogP contribution < -0.4 is 16.0 Å². The van der Waals surface area contributed by atoms with Crippen molar-refractivity contribution in [3.63, 3.8) is 0 Å². The molecule has 1 aromatic carbocycles. The standard InChI is InChI=1S/C33H48BrN5O2/c34-28-3-1-2-27-26(19-29(40)36-8-13-38-11-6-35-7-12-38)20-33(31(27)28)4-9-39(10-5-33)21-30(41)37-32-24-15-22-14-23(17-24)18-25(32)16-22/h1-3,22-26,32,35H,4-21H2,(H,36,40)(H,37,41). The number of hydrogen-bond acceptors (Lipinski definition) is 5. The smallest absolute Gasteiger partial charge is 0.234 e. The Balaban J connectivity index is 0.929. The lowest BCUT2D eigenvalue weighted by atomic mass is 9.54. The summed E-state index contributed by atoms with van der Waals surface area (Å²) in [7, 11) is 0. The highest BCUT2D eigenvalue weighted by atomic mass is 79.9. The molecule has 2 amide bonds. The molecule has 1 spiro atoms. The normalized spacial score (nSPS) is 34.1. The minimum absolute atomic E-state index is 0.0928. The van der Waals surface area contributed by atoms with Crippen LogP contribution in [0.1, 0.15) is 74.8 Å². The van der Waals surface area contributed by atoms with E-state index in [1.807, 2.05) is 0 Å². The number of likely N-dealkylation sites (tertiary alicyclic amines) is 1. The molecule has 6 fully saturated rings. The summed E-state index contributed by atoms with van der Waals surface area (Å²) in [6.07, 6.45) is 10.5. The van der Waals surface area contributed by atoms with Crippen molar-refractivity contribution in [2.24, 2.45) is 23.7 Å². The van der Waals surface area contributed by atoms with Gasteiger partial charge in [-0.15, -0.1) is 0 Å². The number of nitrogens with zero attached hydrogens (tertiary/aromatic N) is 2. The van der Waals surface area contributed by atoms with Gasteiger partial charge >= 0.3 is 0 Å². The number of benzene rings is 1. The summed E-state index contributed by atoms with van der Waals surface area (Å²) >= 11 is 3.89. The van der Waals surface area contributed by atoms with Crippen molar-refractivity contribution in [2.75, 3.05) is 58.9 Å². The van der Waals surface area contributed by atoms with Gasteiger partial charge in [-0.3, -0.25) is 19.4 Å². The predicted molar refractivity (Wildman–Crippen MR) is 165 cm³/mol. The first-order valence-electron chi connectivity index (χ1n) is 16.5. The Morgan fingerprint density at radius 1 is 0.927 bits per heavy atom. The third kappa shape index (κ3) is 5.87. The molecule has 1 atom stereocenters. The predicted octanol–water partition coefficient (Wildman–Crippen LogP) is 3.62. The molecule has 41 heavy (non-hydrogen) atoms. The number of nitrogens with one attached hydrogen (secondary N) is 3. The van der Waals surface area contributed by atoms with E-state index >= 15 is 0 Å². The second-order valence-corrected chi connectivity index (χ2v) is 15.2. The molecular weight excluding hydrogens is 578 g/mol. The molecule has 7 nitrogen and oxygen atoms in total. The van der Waals surface area contributed by atoms with E-state index in [2.05, 4.69) is 59.9 Å². The van der Waals surface area contributed by atoms with Crippen LogP contribution in [0.3, 0.4) is 0 Å². The Hall–Kier alpha value is -1.48. The van der Waals surface area contributed by atoms with Crippen molar-refractivity contribution in [2.45, 2.75) is 75.2 Å². The maximum atomic E-state index is 13.2. The second kappa shape index (κ2) is 11.9. The molecule has 8 heteroatoms. The maximum Gasteiger partial charge on any atom is 0.234 e. The first-order valence-corrected chi connectivity index (χ1v) is 17.3. The monoisotopic (exact) mass is 625 g/mol. The van der Waals surface area contributed by atoms with Crippen LogP contribution in [0.15, 0.2) is 22.7 Å². The van der Waals surface area contributed by atoms with Gasteiger partial charge in [-0.25, -0.2) is 0 Å². The van der Waals surface area contributed by atoms with Crippen molar-refractivity contribution in [1.29, 1.82) is 0 Å². The van der Waals surface area contributed by atoms with Crippen molar-refractivity contribution < 1.29 is 9.59 Å². The van der Waals surface area contributed by atoms with Crippen molar-refractivity contribution in [1.82, 2.24) is 25.8 Å². The highest BCUT2D eigenvalue weighted by Crippen LogP contribution is 2.55. The molecule has 2 aliphatic heterocycles. The number of halogens is 1. The minimum Gasteiger partial charge on any atom is -0.355 e. The fourth-order valence-electron chi connectivity index (χ4n) is 10.1. The Labute approximate surface area is 254 Å². The average molecular weight is 627 g/mol. The number of fused-ring (bicyclic) bond motifs is 2. The summed E-state index contributed by atoms with van der Waals surface area (Å²) in [6.45, 7) is 8.26. The first kappa shape index (κ1) is 28.3. The summed E-state index contributed by atoms with van der Waals surface area (Å²) in [4.78, 5) is 31.0. The third-order valence-corrected chi connectivity index (χ3v) is 12.4. The molecule has 0 radical (unpaired) electrons. The van der Waals surface area contributed by atoms with Crippen LogP contribution in [0.5, 0.6) is 0 Å². The Morgan fingerprint density at radius 3 is 2.34 bits per heavy atom. The molecular formula is C33H48BrN5O2. The van der Waals surface area contributed by atoms with E-state index in [1.165, 1.54) is 47.7 Å². The third-order valence-electron chi connectivity index (χ3n) is 11.8. The minimum atomic E-state index is 0.0928. The zero-order valence-corrected chi connectivity index (χ0v) is 26.1. The number of hydrogen-bond donors (Lipinski definition) is 3. The summed E-state index contributed by atoms with van der Waals surface area (Å²) in [6, 6.07) is 6.97. The first-order chi connectivity index (χ1) is 20.0. The Bertz CT molecular complexity index is 1100. The van der Waals surface area contributed by atoms with Gasteiger partial charge in [0.05, 0.1) is 6.54 Å². The second-order valence-electron chi connectivity index (χ2n) is 14.3. The van der Waals surface area contributed by atoms with E-state index < -0.39 is 0 Å². The fourth-order valence-corrected chi connectivity index (χ4v) is 10.9. The van der Waals surface area contributed by atoms with Crippen LogP contribution in [0.2, 0.25) is 0 Å². The van der Waals surface area contributed by atoms with E-state index in [0.29, 0.717) is 19.0 Å². The molecule has 5 aliphatic carbocycles. The lowest BCUT2D eigenvalue weighted by molar-refractivity contribution is -0.126. The summed E-state index contributed by atoms with van der Waals surface area (Å²) in [5.41, 5.74) is 2.87. The molecule has 1 aromatic rings. The van der Waals surface area contributed by atoms with Crippen LogP contribution in [0.25, 0.3) is 0 Å². The average Bonchev–Trinajstić information content (AvgIpc) is 3.25. The fraction of sp³-hybridized carbons (Fsp3) is 0.758. The van der Waals surface area contributed by atoms with Gasteiger partial charge in [-0.2, -0.15) is 0 Å². The number of piperazine rings is 1. The van der Waals surface area contributed by atoms with Crippen molar-refractivity contribution in [3.8, 4) is 0 Å². The maximum absolute atomic E-state index is 13.2. The van der Waals surface area contributed by atoms with E-state index in [1.54, 1.807) is 0 Å². The number of piperidine rings is 1. The lowest BCUT2D eigenvalue weighted by Crippen LogP contribution is -2.57. The number of carbonyl (C=O) groups excluding carboxylic acids is 2. The molecule has 2 saturated heterocycles. The van der Waals surface area contributed by atoms with Crippen LogP contribution in [0.4, 0.5) is 0 Å². The van der Waals surface area contributed by atoms with Crippen LogP contribution in [-0.2, 0) is 15.0 Å². The van der Waals surface area contributed by atoms with Crippen molar-refractivity contribution >= 4 is 27.7 Å². The molecule has 0 aromatic heterocycles. The van der Waals surface area contributed by atoms with Gasteiger partial charge in [-0.05, 0) is 117 Å². The number of rotatable bonds is 8. The van der Waals surface area contributed by atoms with E-state index in [0.717, 1.165) is 95.3 Å². The van der Waals surface area contributed by atoms with Gasteiger partial charge in [0.25, 0.3) is 0 Å². The zero-order chi connectivity index (χ0) is 28.0. The molecule has 4 bridgehead atoms. The van der Waals surface area contributed by atoms with E-state index in [9.17, 15) is 9.59 Å². The van der Waals surface area contributed by atoms with Crippen LogP contribution in [0, 0.1) is 23.7 Å².